The fourth-order valence-corrected chi connectivity index (χ4v) is 0.842. The van der Waals surface area contributed by atoms with E-state index in [9.17, 15) is 9.59 Å². The Kier molecular flexibility index (Phi) is 2.50. The minimum atomic E-state index is -0.689. The van der Waals surface area contributed by atoms with Gasteiger partial charge in [0, 0.05) is 23.2 Å². The first-order valence-corrected chi connectivity index (χ1v) is 3.61. The topological polar surface area (TPSA) is 75.9 Å². The highest BCUT2D eigenvalue weighted by molar-refractivity contribution is 5.92. The number of aryl methyl sites for hydroxylation is 1. The van der Waals surface area contributed by atoms with E-state index in [1.54, 1.807) is 13.0 Å². The number of nitrogens with two attached hydrogens (primary N) is 1. The van der Waals surface area contributed by atoms with Gasteiger partial charge in [-0.1, -0.05) is 5.92 Å². The summed E-state index contributed by atoms with van der Waals surface area (Å²) in [4.78, 5) is 23.7. The Hall–Kier alpha value is -2.02. The summed E-state index contributed by atoms with van der Waals surface area (Å²) in [6.45, 7) is 1.70. The van der Waals surface area contributed by atoms with Crippen molar-refractivity contribution < 1.29 is 4.79 Å². The van der Waals surface area contributed by atoms with Crippen LogP contribution in [0, 0.1) is 18.8 Å². The number of H-pyrrole nitrogens is 1. The van der Waals surface area contributed by atoms with Crippen LogP contribution in [-0.4, -0.2) is 10.9 Å². The number of hydrogen-bond donors (Lipinski definition) is 2. The first kappa shape index (κ1) is 9.07. The molecular weight excluding hydrogens is 168 g/mol. The lowest BCUT2D eigenvalue weighted by atomic mass is 10.2. The molecule has 0 radical (unpaired) electrons. The molecule has 0 saturated heterocycles. The maximum Gasteiger partial charge on any atom is 0.293 e. The van der Waals surface area contributed by atoms with Crippen molar-refractivity contribution in [3.63, 3.8) is 0 Å². The maximum absolute atomic E-state index is 10.8. The number of amides is 1. The van der Waals surface area contributed by atoms with Crippen LogP contribution in [0.3, 0.4) is 0 Å². The van der Waals surface area contributed by atoms with Crippen molar-refractivity contribution in [3.8, 4) is 11.8 Å². The van der Waals surface area contributed by atoms with Crippen LogP contribution in [0.2, 0.25) is 0 Å². The fourth-order valence-electron chi connectivity index (χ4n) is 0.842. The molecule has 0 aliphatic rings. The smallest absolute Gasteiger partial charge is 0.293 e. The Morgan fingerprint density at radius 3 is 2.77 bits per heavy atom. The number of rotatable bonds is 0. The Labute approximate surface area is 74.8 Å². The highest BCUT2D eigenvalue weighted by Crippen LogP contribution is 1.97. The van der Waals surface area contributed by atoms with Gasteiger partial charge in [-0.3, -0.25) is 9.59 Å². The zero-order chi connectivity index (χ0) is 9.84. The van der Waals surface area contributed by atoms with Crippen LogP contribution in [-0.2, 0) is 4.79 Å². The predicted octanol–water partition coefficient (Wildman–Crippen LogP) is -0.480. The average molecular weight is 176 g/mol. The number of nitrogens with one attached hydrogen (secondary N) is 1. The molecule has 0 aliphatic heterocycles. The van der Waals surface area contributed by atoms with E-state index in [0.717, 1.165) is 0 Å². The molecule has 3 N–H and O–H groups in total. The summed E-state index contributed by atoms with van der Waals surface area (Å²) in [7, 11) is 0. The molecule has 1 aromatic heterocycles. The summed E-state index contributed by atoms with van der Waals surface area (Å²) >= 11 is 0. The number of aromatic amines is 1. The molecule has 1 aromatic rings. The molecule has 1 heterocycles. The Balaban J connectivity index is 3.12. The maximum atomic E-state index is 10.8. The molecular formula is C9H8N2O2. The van der Waals surface area contributed by atoms with Crippen molar-refractivity contribution in [3.05, 3.63) is 33.7 Å². The van der Waals surface area contributed by atoms with Gasteiger partial charge in [-0.25, -0.2) is 0 Å². The first-order valence-electron chi connectivity index (χ1n) is 3.61. The van der Waals surface area contributed by atoms with Gasteiger partial charge in [0.1, 0.15) is 0 Å². The molecule has 0 aliphatic carbocycles. The van der Waals surface area contributed by atoms with Crippen LogP contribution in [0.15, 0.2) is 16.9 Å². The van der Waals surface area contributed by atoms with Gasteiger partial charge in [-0.15, -0.1) is 0 Å². The molecule has 0 aromatic carbocycles. The summed E-state index contributed by atoms with van der Waals surface area (Å²) in [5.41, 5.74) is 5.87. The van der Waals surface area contributed by atoms with E-state index >= 15 is 0 Å². The quantitative estimate of drug-likeness (QED) is 0.524. The van der Waals surface area contributed by atoms with Crippen LogP contribution < -0.4 is 11.3 Å². The molecule has 1 amide bonds. The summed E-state index contributed by atoms with van der Waals surface area (Å²) < 4.78 is 0. The lowest BCUT2D eigenvalue weighted by Crippen LogP contribution is -2.08. The van der Waals surface area contributed by atoms with Gasteiger partial charge in [-0.05, 0) is 13.0 Å². The van der Waals surface area contributed by atoms with Gasteiger partial charge in [-0.2, -0.15) is 0 Å². The van der Waals surface area contributed by atoms with E-state index in [-0.39, 0.29) is 5.56 Å². The number of aromatic nitrogens is 1. The number of carbonyl (C=O) groups is 1. The van der Waals surface area contributed by atoms with Crippen LogP contribution >= 0.6 is 0 Å². The van der Waals surface area contributed by atoms with Crippen molar-refractivity contribution in [2.24, 2.45) is 5.73 Å². The van der Waals surface area contributed by atoms with E-state index in [1.807, 2.05) is 0 Å². The second-order valence-electron chi connectivity index (χ2n) is 2.48. The number of hydrogen-bond acceptors (Lipinski definition) is 2. The standard InChI is InChI=1S/C9H8N2O2/c1-6-7(2-4-8(10)12)3-5-9(13)11-6/h3,5H,1H3,(H2,10,12)(H,11,13). The Morgan fingerprint density at radius 2 is 2.23 bits per heavy atom. The van der Waals surface area contributed by atoms with Crippen molar-refractivity contribution in [1.82, 2.24) is 4.98 Å². The number of primary amides is 1. The van der Waals surface area contributed by atoms with E-state index in [2.05, 4.69) is 16.8 Å². The molecule has 0 bridgehead atoms. The normalized spacial score (nSPS) is 8.69. The minimum absolute atomic E-state index is 0.192. The van der Waals surface area contributed by atoms with Crippen LogP contribution in [0.5, 0.6) is 0 Å². The van der Waals surface area contributed by atoms with Crippen LogP contribution in [0.1, 0.15) is 11.3 Å². The molecule has 1 rings (SSSR count). The molecule has 0 unspecified atom stereocenters. The van der Waals surface area contributed by atoms with E-state index in [1.165, 1.54) is 6.07 Å². The fraction of sp³-hybridized carbons (Fsp3) is 0.111. The Bertz CT molecular complexity index is 449. The minimum Gasteiger partial charge on any atom is -0.359 e. The molecule has 66 valence electrons. The zero-order valence-electron chi connectivity index (χ0n) is 7.05. The molecule has 0 saturated carbocycles. The summed E-state index contributed by atoms with van der Waals surface area (Å²) in [5, 5.41) is 0. The van der Waals surface area contributed by atoms with E-state index in [0.29, 0.717) is 11.3 Å². The molecule has 4 nitrogen and oxygen atoms in total. The first-order chi connectivity index (χ1) is 6.09. The van der Waals surface area contributed by atoms with Gasteiger partial charge < -0.3 is 10.7 Å². The highest BCUT2D eigenvalue weighted by atomic mass is 16.1. The second kappa shape index (κ2) is 3.59. The number of pyridine rings is 1. The van der Waals surface area contributed by atoms with Crippen molar-refractivity contribution in [1.29, 1.82) is 0 Å². The predicted molar refractivity (Wildman–Crippen MR) is 47.9 cm³/mol. The van der Waals surface area contributed by atoms with Crippen molar-refractivity contribution in [2.45, 2.75) is 6.92 Å². The third-order valence-corrected chi connectivity index (χ3v) is 1.44. The molecule has 0 fully saturated rings. The summed E-state index contributed by atoms with van der Waals surface area (Å²) in [6, 6.07) is 2.89. The SMILES string of the molecule is Cc1[nH]c(=O)ccc1C#CC(N)=O. The monoisotopic (exact) mass is 176 g/mol. The Morgan fingerprint density at radius 1 is 1.54 bits per heavy atom. The highest BCUT2D eigenvalue weighted by Gasteiger charge is 1.94. The van der Waals surface area contributed by atoms with Gasteiger partial charge in [0.05, 0.1) is 0 Å². The average Bonchev–Trinajstić information content (AvgIpc) is 2.02. The van der Waals surface area contributed by atoms with Gasteiger partial charge in [0.2, 0.25) is 5.56 Å². The third kappa shape index (κ3) is 2.49. The largest absolute Gasteiger partial charge is 0.359 e. The number of carbonyl (C=O) groups excluding carboxylic acids is 1. The summed E-state index contributed by atoms with van der Waals surface area (Å²) in [5.74, 6) is 4.04. The second-order valence-corrected chi connectivity index (χ2v) is 2.48. The third-order valence-electron chi connectivity index (χ3n) is 1.44. The molecule has 0 atom stereocenters. The van der Waals surface area contributed by atoms with Gasteiger partial charge in [0.25, 0.3) is 5.91 Å². The lowest BCUT2D eigenvalue weighted by molar-refractivity contribution is -0.112. The molecule has 4 heteroatoms. The molecule has 0 spiro atoms. The van der Waals surface area contributed by atoms with Crippen LogP contribution in [0.4, 0.5) is 0 Å². The van der Waals surface area contributed by atoms with E-state index < -0.39 is 5.91 Å². The van der Waals surface area contributed by atoms with Gasteiger partial charge >= 0.3 is 0 Å². The van der Waals surface area contributed by atoms with Crippen molar-refractivity contribution >= 4 is 5.91 Å². The van der Waals surface area contributed by atoms with Gasteiger partial charge in [0.15, 0.2) is 0 Å². The van der Waals surface area contributed by atoms with E-state index in [4.69, 9.17) is 5.73 Å². The van der Waals surface area contributed by atoms with Crippen LogP contribution in [0.25, 0.3) is 0 Å². The molecule has 13 heavy (non-hydrogen) atoms. The van der Waals surface area contributed by atoms with Crippen molar-refractivity contribution in [2.75, 3.05) is 0 Å². The zero-order valence-corrected chi connectivity index (χ0v) is 7.05. The lowest BCUT2D eigenvalue weighted by Gasteiger charge is -1.94. The summed E-state index contributed by atoms with van der Waals surface area (Å²) in [6.07, 6.45) is 0.